The molecular formula is C21H33F2N5O. The highest BCUT2D eigenvalue weighted by Gasteiger charge is 2.26. The van der Waals surface area contributed by atoms with Crippen molar-refractivity contribution in [1.29, 1.82) is 0 Å². The zero-order valence-electron chi connectivity index (χ0n) is 17.9. The third kappa shape index (κ3) is 7.13. The number of halogens is 2. The zero-order chi connectivity index (χ0) is 21.6. The fourth-order valence-electron chi connectivity index (χ4n) is 3.22. The molecule has 1 atom stereocenters. The van der Waals surface area contributed by atoms with E-state index in [9.17, 15) is 13.6 Å². The maximum absolute atomic E-state index is 13.3. The van der Waals surface area contributed by atoms with Crippen LogP contribution in [0.2, 0.25) is 0 Å². The first-order chi connectivity index (χ1) is 13.6. The monoisotopic (exact) mass is 409 g/mol. The number of nitrogens with zero attached hydrogens (tertiary/aromatic N) is 4. The molecule has 8 heteroatoms. The number of nitrogens with two attached hydrogens (primary N) is 1. The third-order valence-corrected chi connectivity index (χ3v) is 5.18. The van der Waals surface area contributed by atoms with Crippen molar-refractivity contribution in [2.75, 3.05) is 53.4 Å². The maximum atomic E-state index is 13.3. The molecule has 0 aliphatic carbocycles. The molecule has 1 aromatic carbocycles. The first-order valence-electron chi connectivity index (χ1n) is 10.0. The SMILES string of the molecule is C/C(=N\C(N)c1cccc(C(=O)N2CCN(CCCN(C)C)CC2)c1)C(C)(F)F. The van der Waals surface area contributed by atoms with Gasteiger partial charge in [0.25, 0.3) is 11.8 Å². The first-order valence-corrected chi connectivity index (χ1v) is 10.0. The van der Waals surface area contributed by atoms with E-state index in [1.807, 2.05) is 4.90 Å². The second kappa shape index (κ2) is 10.2. The first kappa shape index (κ1) is 23.4. The van der Waals surface area contributed by atoms with Crippen molar-refractivity contribution in [1.82, 2.24) is 14.7 Å². The Bertz CT molecular complexity index is 709. The molecule has 2 N–H and O–H groups in total. The molecule has 0 aromatic heterocycles. The molecular weight excluding hydrogens is 376 g/mol. The Balaban J connectivity index is 1.96. The molecule has 1 heterocycles. The van der Waals surface area contributed by atoms with E-state index in [1.54, 1.807) is 24.3 Å². The van der Waals surface area contributed by atoms with E-state index in [-0.39, 0.29) is 11.6 Å². The van der Waals surface area contributed by atoms with Gasteiger partial charge >= 0.3 is 0 Å². The predicted molar refractivity (Wildman–Crippen MR) is 113 cm³/mol. The van der Waals surface area contributed by atoms with Gasteiger partial charge in [-0.3, -0.25) is 14.7 Å². The number of carbonyl (C=O) groups is 1. The Morgan fingerprint density at radius 3 is 2.52 bits per heavy atom. The highest BCUT2D eigenvalue weighted by atomic mass is 19.3. The Labute approximate surface area is 172 Å². The predicted octanol–water partition coefficient (Wildman–Crippen LogP) is 2.47. The molecule has 1 aliphatic rings. The summed E-state index contributed by atoms with van der Waals surface area (Å²) in [7, 11) is 4.13. The second-order valence-corrected chi connectivity index (χ2v) is 7.96. The van der Waals surface area contributed by atoms with Gasteiger partial charge in [-0.15, -0.1) is 0 Å². The van der Waals surface area contributed by atoms with Crippen molar-refractivity contribution < 1.29 is 13.6 Å². The quantitative estimate of drug-likeness (QED) is 0.670. The van der Waals surface area contributed by atoms with Gasteiger partial charge in [-0.25, -0.2) is 8.78 Å². The van der Waals surface area contributed by atoms with Crippen LogP contribution in [0.1, 0.15) is 42.4 Å². The lowest BCUT2D eigenvalue weighted by atomic mass is 10.1. The number of amides is 1. The molecule has 0 bridgehead atoms. The summed E-state index contributed by atoms with van der Waals surface area (Å²) in [6, 6.07) is 6.80. The lowest BCUT2D eigenvalue weighted by molar-refractivity contribution is 0.0633. The van der Waals surface area contributed by atoms with Crippen molar-refractivity contribution in [3.8, 4) is 0 Å². The van der Waals surface area contributed by atoms with Gasteiger partial charge in [-0.05, 0) is 58.2 Å². The molecule has 0 spiro atoms. The molecule has 1 saturated heterocycles. The van der Waals surface area contributed by atoms with Gasteiger partial charge in [-0.1, -0.05) is 12.1 Å². The molecule has 1 unspecified atom stereocenters. The van der Waals surface area contributed by atoms with E-state index >= 15 is 0 Å². The van der Waals surface area contributed by atoms with Crippen LogP contribution in [0.25, 0.3) is 0 Å². The van der Waals surface area contributed by atoms with E-state index in [1.165, 1.54) is 6.92 Å². The average Bonchev–Trinajstić information content (AvgIpc) is 2.67. The van der Waals surface area contributed by atoms with Crippen LogP contribution < -0.4 is 5.73 Å². The summed E-state index contributed by atoms with van der Waals surface area (Å²) in [6.07, 6.45) is 0.180. The highest BCUT2D eigenvalue weighted by Crippen LogP contribution is 2.20. The average molecular weight is 410 g/mol. The van der Waals surface area contributed by atoms with Crippen molar-refractivity contribution in [3.05, 3.63) is 35.4 Å². The molecule has 0 saturated carbocycles. The Morgan fingerprint density at radius 1 is 1.28 bits per heavy atom. The van der Waals surface area contributed by atoms with E-state index in [0.29, 0.717) is 24.2 Å². The topological polar surface area (TPSA) is 65.2 Å². The van der Waals surface area contributed by atoms with Crippen molar-refractivity contribution >= 4 is 11.6 Å². The molecule has 29 heavy (non-hydrogen) atoms. The molecule has 0 radical (unpaired) electrons. The molecule has 6 nitrogen and oxygen atoms in total. The van der Waals surface area contributed by atoms with E-state index in [4.69, 9.17) is 5.73 Å². The Kier molecular flexibility index (Phi) is 8.24. The molecule has 1 amide bonds. The van der Waals surface area contributed by atoms with Gasteiger partial charge in [0.1, 0.15) is 6.17 Å². The number of piperazine rings is 1. The number of carbonyl (C=O) groups excluding carboxylic acids is 1. The normalized spacial score (nSPS) is 17.7. The Hall–Kier alpha value is -1.90. The van der Waals surface area contributed by atoms with Crippen LogP contribution in [0.15, 0.2) is 29.3 Å². The van der Waals surface area contributed by atoms with Gasteiger partial charge in [-0.2, -0.15) is 0 Å². The smallest absolute Gasteiger partial charge is 0.282 e. The summed E-state index contributed by atoms with van der Waals surface area (Å²) in [5, 5.41) is 0. The van der Waals surface area contributed by atoms with E-state index in [0.717, 1.165) is 39.5 Å². The van der Waals surface area contributed by atoms with Crippen LogP contribution >= 0.6 is 0 Å². The number of benzene rings is 1. The van der Waals surface area contributed by atoms with Gasteiger partial charge in [0.15, 0.2) is 0 Å². The molecule has 1 fully saturated rings. The lowest BCUT2D eigenvalue weighted by Crippen LogP contribution is -2.49. The van der Waals surface area contributed by atoms with Crippen LogP contribution in [-0.4, -0.2) is 85.6 Å². The second-order valence-electron chi connectivity index (χ2n) is 7.96. The van der Waals surface area contributed by atoms with Crippen LogP contribution in [0.4, 0.5) is 8.78 Å². The van der Waals surface area contributed by atoms with E-state index < -0.39 is 12.1 Å². The molecule has 1 aromatic rings. The van der Waals surface area contributed by atoms with Crippen molar-refractivity contribution in [3.63, 3.8) is 0 Å². The van der Waals surface area contributed by atoms with Gasteiger partial charge in [0, 0.05) is 38.7 Å². The summed E-state index contributed by atoms with van der Waals surface area (Å²) >= 11 is 0. The summed E-state index contributed by atoms with van der Waals surface area (Å²) in [6.45, 7) is 7.20. The third-order valence-electron chi connectivity index (χ3n) is 5.18. The van der Waals surface area contributed by atoms with Crippen molar-refractivity contribution in [2.45, 2.75) is 32.4 Å². The fourth-order valence-corrected chi connectivity index (χ4v) is 3.22. The standard InChI is InChI=1S/C21H33F2N5O/c1-16(21(2,22)23)25-19(24)17-7-5-8-18(15-17)20(29)28-13-11-27(12-14-28)10-6-9-26(3)4/h5,7-8,15,19H,6,9-14,24H2,1-4H3/b25-16+. The van der Waals surface area contributed by atoms with Crippen LogP contribution in [0.5, 0.6) is 0 Å². The van der Waals surface area contributed by atoms with E-state index in [2.05, 4.69) is 28.9 Å². The highest BCUT2D eigenvalue weighted by molar-refractivity contribution is 5.94. The minimum Gasteiger partial charge on any atom is -0.336 e. The summed E-state index contributed by atoms with van der Waals surface area (Å²) in [4.78, 5) is 23.1. The summed E-state index contributed by atoms with van der Waals surface area (Å²) in [5.74, 6) is -3.08. The number of rotatable bonds is 8. The number of hydrogen-bond acceptors (Lipinski definition) is 5. The minimum atomic E-state index is -3.02. The van der Waals surface area contributed by atoms with Crippen molar-refractivity contribution in [2.24, 2.45) is 10.7 Å². The summed E-state index contributed by atoms with van der Waals surface area (Å²) < 4.78 is 26.7. The maximum Gasteiger partial charge on any atom is 0.282 e. The van der Waals surface area contributed by atoms with Crippen LogP contribution in [-0.2, 0) is 0 Å². The number of aliphatic imine (C=N–C) groups is 1. The van der Waals surface area contributed by atoms with Gasteiger partial charge in [0.05, 0.1) is 5.71 Å². The number of hydrogen-bond donors (Lipinski definition) is 1. The summed E-state index contributed by atoms with van der Waals surface area (Å²) in [5.41, 5.74) is 6.70. The largest absolute Gasteiger partial charge is 0.336 e. The number of alkyl halides is 2. The lowest BCUT2D eigenvalue weighted by Gasteiger charge is -2.35. The van der Waals surface area contributed by atoms with Gasteiger partial charge < -0.3 is 15.5 Å². The van der Waals surface area contributed by atoms with Crippen LogP contribution in [0.3, 0.4) is 0 Å². The molecule has 162 valence electrons. The minimum absolute atomic E-state index is 0.0616. The fraction of sp³-hybridized carbons (Fsp3) is 0.619. The van der Waals surface area contributed by atoms with Crippen LogP contribution in [0, 0.1) is 0 Å². The Morgan fingerprint density at radius 2 is 1.93 bits per heavy atom. The molecule has 2 rings (SSSR count). The molecule has 1 aliphatic heterocycles. The zero-order valence-corrected chi connectivity index (χ0v) is 17.9. The van der Waals surface area contributed by atoms with Gasteiger partial charge in [0.2, 0.25) is 0 Å².